The van der Waals surface area contributed by atoms with E-state index in [9.17, 15) is 0 Å². The van der Waals surface area contributed by atoms with Gasteiger partial charge in [0.2, 0.25) is 0 Å². The molecular weight excluding hydrogens is 348 g/mol. The van der Waals surface area contributed by atoms with Gasteiger partial charge in [-0.15, -0.1) is 0 Å². The molecule has 1 aliphatic heterocycles. The predicted octanol–water partition coefficient (Wildman–Crippen LogP) is 4.32. The summed E-state index contributed by atoms with van der Waals surface area (Å²) in [6, 6.07) is 6.05. The molecule has 2 nitrogen and oxygen atoms in total. The first kappa shape index (κ1) is 13.4. The van der Waals surface area contributed by atoms with Crippen molar-refractivity contribution in [2.45, 2.75) is 24.3 Å². The lowest BCUT2D eigenvalue weighted by Gasteiger charge is -2.22. The second kappa shape index (κ2) is 5.72. The molecule has 0 amide bonds. The maximum absolute atomic E-state index is 5.79. The number of methoxy groups -OCH3 is 1. The van der Waals surface area contributed by atoms with Crippen molar-refractivity contribution < 1.29 is 9.47 Å². The number of halogens is 2. The van der Waals surface area contributed by atoms with Crippen molar-refractivity contribution in [3.8, 4) is 5.75 Å². The molecule has 0 N–H and O–H groups in total. The minimum atomic E-state index is 0.222. The third kappa shape index (κ3) is 2.85. The number of alkyl halides is 1. The van der Waals surface area contributed by atoms with Crippen molar-refractivity contribution in [2.24, 2.45) is 5.92 Å². The number of hydrogen-bond acceptors (Lipinski definition) is 2. The maximum Gasteiger partial charge on any atom is 0.120 e. The van der Waals surface area contributed by atoms with Crippen molar-refractivity contribution in [2.75, 3.05) is 13.7 Å². The van der Waals surface area contributed by atoms with Gasteiger partial charge in [-0.25, -0.2) is 0 Å². The molecule has 3 atom stereocenters. The smallest absolute Gasteiger partial charge is 0.120 e. The normalized spacial score (nSPS) is 25.9. The van der Waals surface area contributed by atoms with Gasteiger partial charge in [0, 0.05) is 11.1 Å². The lowest BCUT2D eigenvalue weighted by Crippen LogP contribution is -2.19. The number of benzene rings is 1. The Hall–Kier alpha value is -0.0600. The monoisotopic (exact) mass is 362 g/mol. The van der Waals surface area contributed by atoms with Gasteiger partial charge in [-0.3, -0.25) is 0 Å². The summed E-state index contributed by atoms with van der Waals surface area (Å²) in [5, 5.41) is 0. The highest BCUT2D eigenvalue weighted by Crippen LogP contribution is 2.40. The van der Waals surface area contributed by atoms with Gasteiger partial charge in [0.05, 0.1) is 18.0 Å². The second-order valence-corrected chi connectivity index (χ2v) is 6.23. The van der Waals surface area contributed by atoms with Crippen LogP contribution in [0.25, 0.3) is 0 Å². The zero-order valence-electron chi connectivity index (χ0n) is 9.95. The van der Waals surface area contributed by atoms with E-state index < -0.39 is 0 Å². The average Bonchev–Trinajstić information content (AvgIpc) is 2.74. The van der Waals surface area contributed by atoms with Crippen LogP contribution in [0, 0.1) is 5.92 Å². The fourth-order valence-electron chi connectivity index (χ4n) is 2.13. The molecule has 0 saturated carbocycles. The minimum absolute atomic E-state index is 0.222. The highest BCUT2D eigenvalue weighted by atomic mass is 79.9. The van der Waals surface area contributed by atoms with E-state index in [-0.39, 0.29) is 10.9 Å². The Kier molecular flexibility index (Phi) is 4.50. The molecule has 1 aromatic carbocycles. The van der Waals surface area contributed by atoms with Crippen LogP contribution >= 0.6 is 31.9 Å². The summed E-state index contributed by atoms with van der Waals surface area (Å²) in [5.41, 5.74) is 1.21. The number of rotatable bonds is 3. The van der Waals surface area contributed by atoms with Gasteiger partial charge in [-0.05, 0) is 30.0 Å². The van der Waals surface area contributed by atoms with Gasteiger partial charge in [0.25, 0.3) is 0 Å². The van der Waals surface area contributed by atoms with Crippen LogP contribution in [0.2, 0.25) is 0 Å². The van der Waals surface area contributed by atoms with Crippen molar-refractivity contribution >= 4 is 31.9 Å². The molecule has 4 heteroatoms. The van der Waals surface area contributed by atoms with E-state index >= 15 is 0 Å². The van der Waals surface area contributed by atoms with E-state index in [1.54, 1.807) is 7.11 Å². The largest absolute Gasteiger partial charge is 0.497 e. The SMILES string of the molecule is COc1ccc(C(Br)C2OCCC2C)c(Br)c1. The van der Waals surface area contributed by atoms with Gasteiger partial charge in [-0.1, -0.05) is 44.8 Å². The summed E-state index contributed by atoms with van der Waals surface area (Å²) in [5.74, 6) is 1.45. The molecule has 3 unspecified atom stereocenters. The highest BCUT2D eigenvalue weighted by molar-refractivity contribution is 9.11. The zero-order valence-corrected chi connectivity index (χ0v) is 13.1. The van der Waals surface area contributed by atoms with Crippen molar-refractivity contribution in [3.05, 3.63) is 28.2 Å². The standard InChI is InChI=1S/C13H16Br2O2/c1-8-5-6-17-13(8)12(15)10-4-3-9(16-2)7-11(10)14/h3-4,7-8,12-13H,5-6H2,1-2H3. The van der Waals surface area contributed by atoms with Crippen LogP contribution in [0.1, 0.15) is 23.7 Å². The summed E-state index contributed by atoms with van der Waals surface area (Å²) >= 11 is 7.34. The van der Waals surface area contributed by atoms with E-state index in [0.29, 0.717) is 5.92 Å². The molecule has 0 aromatic heterocycles. The minimum Gasteiger partial charge on any atom is -0.497 e. The Bertz CT molecular complexity index is 395. The Morgan fingerprint density at radius 1 is 1.47 bits per heavy atom. The Morgan fingerprint density at radius 2 is 2.24 bits per heavy atom. The summed E-state index contributed by atoms with van der Waals surface area (Å²) in [7, 11) is 1.68. The first-order valence-corrected chi connectivity index (χ1v) is 7.43. The molecule has 17 heavy (non-hydrogen) atoms. The summed E-state index contributed by atoms with van der Waals surface area (Å²) in [6.45, 7) is 3.10. The van der Waals surface area contributed by atoms with E-state index in [4.69, 9.17) is 9.47 Å². The molecule has 1 aliphatic rings. The van der Waals surface area contributed by atoms with Crippen LogP contribution in [0.4, 0.5) is 0 Å². The van der Waals surface area contributed by atoms with Gasteiger partial charge >= 0.3 is 0 Å². The molecule has 0 spiro atoms. The quantitative estimate of drug-likeness (QED) is 0.744. The van der Waals surface area contributed by atoms with Crippen LogP contribution in [0.5, 0.6) is 5.75 Å². The van der Waals surface area contributed by atoms with Gasteiger partial charge in [-0.2, -0.15) is 0 Å². The Morgan fingerprint density at radius 3 is 2.76 bits per heavy atom. The van der Waals surface area contributed by atoms with Crippen molar-refractivity contribution in [1.29, 1.82) is 0 Å². The first-order chi connectivity index (χ1) is 8.13. The molecule has 0 aliphatic carbocycles. The molecule has 0 radical (unpaired) electrons. The fraction of sp³-hybridized carbons (Fsp3) is 0.538. The number of hydrogen-bond donors (Lipinski definition) is 0. The van der Waals surface area contributed by atoms with Crippen LogP contribution in [-0.2, 0) is 4.74 Å². The molecule has 1 aromatic rings. The van der Waals surface area contributed by atoms with Crippen LogP contribution in [0.15, 0.2) is 22.7 Å². The molecule has 94 valence electrons. The topological polar surface area (TPSA) is 18.5 Å². The maximum atomic E-state index is 5.79. The van der Waals surface area contributed by atoms with Gasteiger partial charge < -0.3 is 9.47 Å². The van der Waals surface area contributed by atoms with Gasteiger partial charge in [0.15, 0.2) is 0 Å². The lowest BCUT2D eigenvalue weighted by molar-refractivity contribution is 0.0933. The number of ether oxygens (including phenoxy) is 2. The Balaban J connectivity index is 2.21. The third-order valence-electron chi connectivity index (χ3n) is 3.24. The van der Waals surface area contributed by atoms with Crippen LogP contribution in [0.3, 0.4) is 0 Å². The molecule has 1 heterocycles. The van der Waals surface area contributed by atoms with Crippen LogP contribution < -0.4 is 4.74 Å². The zero-order chi connectivity index (χ0) is 12.4. The first-order valence-electron chi connectivity index (χ1n) is 5.72. The molecule has 1 fully saturated rings. The van der Waals surface area contributed by atoms with Gasteiger partial charge in [0.1, 0.15) is 5.75 Å². The predicted molar refractivity (Wildman–Crippen MR) is 75.9 cm³/mol. The highest BCUT2D eigenvalue weighted by Gasteiger charge is 2.32. The van der Waals surface area contributed by atoms with E-state index in [0.717, 1.165) is 23.2 Å². The molecule has 2 rings (SSSR count). The molecular formula is C13H16Br2O2. The third-order valence-corrected chi connectivity index (χ3v) is 4.94. The fourth-order valence-corrected chi connectivity index (χ4v) is 4.11. The molecule has 0 bridgehead atoms. The Labute approximate surface area is 119 Å². The van der Waals surface area contributed by atoms with E-state index in [1.807, 2.05) is 12.1 Å². The molecule has 1 saturated heterocycles. The van der Waals surface area contributed by atoms with E-state index in [1.165, 1.54) is 5.56 Å². The summed E-state index contributed by atoms with van der Waals surface area (Å²) in [6.07, 6.45) is 1.39. The second-order valence-electron chi connectivity index (χ2n) is 4.39. The van der Waals surface area contributed by atoms with Crippen molar-refractivity contribution in [3.63, 3.8) is 0 Å². The van der Waals surface area contributed by atoms with E-state index in [2.05, 4.69) is 44.8 Å². The van der Waals surface area contributed by atoms with Crippen molar-refractivity contribution in [1.82, 2.24) is 0 Å². The van der Waals surface area contributed by atoms with Crippen LogP contribution in [-0.4, -0.2) is 19.8 Å². The summed E-state index contributed by atoms with van der Waals surface area (Å²) in [4.78, 5) is 0.222. The average molecular weight is 364 g/mol. The summed E-state index contributed by atoms with van der Waals surface area (Å²) < 4.78 is 12.1. The lowest BCUT2D eigenvalue weighted by atomic mass is 9.97.